The van der Waals surface area contributed by atoms with Gasteiger partial charge in [-0.2, -0.15) is 0 Å². The maximum Gasteiger partial charge on any atom is 0.306 e. The number of carboxylic acid groups (broad SMARTS) is 2. The molecule has 0 radical (unpaired) electrons. The summed E-state index contributed by atoms with van der Waals surface area (Å²) >= 11 is 0. The third-order valence-electron chi connectivity index (χ3n) is 4.31. The van der Waals surface area contributed by atoms with E-state index in [1.165, 1.54) is 0 Å². The van der Waals surface area contributed by atoms with E-state index < -0.39 is 11.9 Å². The number of rotatable bonds is 2. The van der Waals surface area contributed by atoms with E-state index in [1.54, 1.807) is 0 Å². The summed E-state index contributed by atoms with van der Waals surface area (Å²) in [6.45, 7) is 0. The molecule has 0 bridgehead atoms. The summed E-state index contributed by atoms with van der Waals surface area (Å²) in [5.74, 6) is -0.848. The van der Waals surface area contributed by atoms with E-state index in [0.29, 0.717) is 11.8 Å². The Morgan fingerprint density at radius 3 is 1.44 bits per heavy atom. The molecule has 0 aromatic heterocycles. The molecule has 0 saturated heterocycles. The summed E-state index contributed by atoms with van der Waals surface area (Å²) in [5, 5.41) is 17.9. The molecule has 4 nitrogen and oxygen atoms in total. The first kappa shape index (κ1) is 11.4. The van der Waals surface area contributed by atoms with Crippen LogP contribution in [-0.4, -0.2) is 22.2 Å². The summed E-state index contributed by atoms with van der Waals surface area (Å²) < 4.78 is 0. The first-order valence-corrected chi connectivity index (χ1v) is 6.03. The highest BCUT2D eigenvalue weighted by molar-refractivity contribution is 5.71. The molecule has 0 amide bonds. The topological polar surface area (TPSA) is 74.6 Å². The Bertz CT molecular complexity index is 269. The highest BCUT2D eigenvalue weighted by Gasteiger charge is 2.39. The molecule has 16 heavy (non-hydrogen) atoms. The maximum atomic E-state index is 10.9. The molecule has 2 saturated carbocycles. The minimum absolute atomic E-state index is 0.192. The van der Waals surface area contributed by atoms with Crippen LogP contribution in [0.4, 0.5) is 0 Å². The summed E-state index contributed by atoms with van der Waals surface area (Å²) in [5.41, 5.74) is 0. The Hall–Kier alpha value is -1.06. The van der Waals surface area contributed by atoms with Gasteiger partial charge < -0.3 is 10.2 Å². The predicted octanol–water partition coefficient (Wildman–Crippen LogP) is 1.99. The molecule has 0 aliphatic heterocycles. The molecule has 0 aromatic rings. The second-order valence-electron chi connectivity index (χ2n) is 5.22. The Labute approximate surface area is 94.7 Å². The van der Waals surface area contributed by atoms with E-state index in [4.69, 9.17) is 10.2 Å². The summed E-state index contributed by atoms with van der Waals surface area (Å²) in [6, 6.07) is 0. The van der Waals surface area contributed by atoms with Crippen molar-refractivity contribution in [2.75, 3.05) is 0 Å². The Balaban J connectivity index is 1.95. The van der Waals surface area contributed by atoms with Gasteiger partial charge in [0.2, 0.25) is 0 Å². The zero-order valence-electron chi connectivity index (χ0n) is 9.26. The van der Waals surface area contributed by atoms with Crippen molar-refractivity contribution < 1.29 is 19.8 Å². The minimum atomic E-state index is -0.682. The molecule has 4 heteroatoms. The fourth-order valence-corrected chi connectivity index (χ4v) is 3.34. The number of carboxylic acids is 2. The van der Waals surface area contributed by atoms with Gasteiger partial charge in [0, 0.05) is 0 Å². The van der Waals surface area contributed by atoms with E-state index in [1.807, 2.05) is 0 Å². The van der Waals surface area contributed by atoms with Crippen LogP contribution in [0.1, 0.15) is 38.5 Å². The standard InChI is InChI=1S/C12H18O4/c13-11(14)9-3-1-7-5-10(12(15)16)4-2-8(7)6-9/h7-10H,1-6H2,(H,13,14)(H,15,16)/t7-,8+,9+,10-. The van der Waals surface area contributed by atoms with E-state index in [9.17, 15) is 9.59 Å². The third-order valence-corrected chi connectivity index (χ3v) is 4.31. The average Bonchev–Trinajstić information content (AvgIpc) is 2.27. The summed E-state index contributed by atoms with van der Waals surface area (Å²) in [4.78, 5) is 21.8. The van der Waals surface area contributed by atoms with Crippen molar-refractivity contribution in [1.29, 1.82) is 0 Å². The lowest BCUT2D eigenvalue weighted by Crippen LogP contribution is -2.35. The number of hydrogen-bond donors (Lipinski definition) is 2. The number of carbonyl (C=O) groups is 2. The summed E-state index contributed by atoms with van der Waals surface area (Å²) in [6.07, 6.45) is 4.75. The second kappa shape index (κ2) is 4.44. The molecule has 0 heterocycles. The smallest absolute Gasteiger partial charge is 0.306 e. The first-order chi connectivity index (χ1) is 7.58. The minimum Gasteiger partial charge on any atom is -0.481 e. The van der Waals surface area contributed by atoms with Gasteiger partial charge in [0.1, 0.15) is 0 Å². The van der Waals surface area contributed by atoms with Crippen molar-refractivity contribution in [3.8, 4) is 0 Å². The fourth-order valence-electron chi connectivity index (χ4n) is 3.34. The van der Waals surface area contributed by atoms with Crippen molar-refractivity contribution in [3.63, 3.8) is 0 Å². The van der Waals surface area contributed by atoms with Crippen molar-refractivity contribution in [2.45, 2.75) is 38.5 Å². The monoisotopic (exact) mass is 226 g/mol. The van der Waals surface area contributed by atoms with Gasteiger partial charge in [0.25, 0.3) is 0 Å². The molecular formula is C12H18O4. The highest BCUT2D eigenvalue weighted by atomic mass is 16.4. The molecular weight excluding hydrogens is 208 g/mol. The molecule has 2 aliphatic carbocycles. The van der Waals surface area contributed by atoms with Crippen LogP contribution in [-0.2, 0) is 9.59 Å². The maximum absolute atomic E-state index is 10.9. The van der Waals surface area contributed by atoms with Gasteiger partial charge in [-0.1, -0.05) is 0 Å². The Morgan fingerprint density at radius 1 is 0.750 bits per heavy atom. The van der Waals surface area contributed by atoms with Gasteiger partial charge in [-0.15, -0.1) is 0 Å². The van der Waals surface area contributed by atoms with Crippen LogP contribution in [0.2, 0.25) is 0 Å². The second-order valence-corrected chi connectivity index (χ2v) is 5.22. The van der Waals surface area contributed by atoms with Gasteiger partial charge >= 0.3 is 11.9 Å². The molecule has 2 aliphatic rings. The number of hydrogen-bond acceptors (Lipinski definition) is 2. The van der Waals surface area contributed by atoms with Crippen LogP contribution in [0.5, 0.6) is 0 Å². The predicted molar refractivity (Wildman–Crippen MR) is 56.9 cm³/mol. The van der Waals surface area contributed by atoms with Crippen LogP contribution >= 0.6 is 0 Å². The lowest BCUT2D eigenvalue weighted by atomic mass is 9.65. The van der Waals surface area contributed by atoms with Crippen LogP contribution in [0.25, 0.3) is 0 Å². The lowest BCUT2D eigenvalue weighted by Gasteiger charge is -2.40. The van der Waals surface area contributed by atoms with Crippen LogP contribution in [0.3, 0.4) is 0 Å². The first-order valence-electron chi connectivity index (χ1n) is 6.03. The van der Waals surface area contributed by atoms with Gasteiger partial charge in [0.15, 0.2) is 0 Å². The van der Waals surface area contributed by atoms with E-state index in [2.05, 4.69) is 0 Å². The normalized spacial score (nSPS) is 38.8. The Kier molecular flexibility index (Phi) is 3.17. The number of fused-ring (bicyclic) bond motifs is 1. The van der Waals surface area contributed by atoms with Crippen LogP contribution in [0, 0.1) is 23.7 Å². The largest absolute Gasteiger partial charge is 0.481 e. The number of aliphatic carboxylic acids is 2. The fraction of sp³-hybridized carbons (Fsp3) is 0.833. The van der Waals surface area contributed by atoms with E-state index >= 15 is 0 Å². The molecule has 2 N–H and O–H groups in total. The quantitative estimate of drug-likeness (QED) is 0.755. The highest BCUT2D eigenvalue weighted by Crippen LogP contribution is 2.44. The zero-order chi connectivity index (χ0) is 11.7. The molecule has 0 unspecified atom stereocenters. The van der Waals surface area contributed by atoms with E-state index in [-0.39, 0.29) is 11.8 Å². The molecule has 0 spiro atoms. The van der Waals surface area contributed by atoms with Crippen molar-refractivity contribution in [3.05, 3.63) is 0 Å². The summed E-state index contributed by atoms with van der Waals surface area (Å²) in [7, 11) is 0. The Morgan fingerprint density at radius 2 is 1.12 bits per heavy atom. The molecule has 4 atom stereocenters. The zero-order valence-corrected chi connectivity index (χ0v) is 9.26. The molecule has 0 aromatic carbocycles. The lowest BCUT2D eigenvalue weighted by molar-refractivity contribution is -0.148. The van der Waals surface area contributed by atoms with Gasteiger partial charge in [0.05, 0.1) is 11.8 Å². The van der Waals surface area contributed by atoms with Crippen molar-refractivity contribution in [2.24, 2.45) is 23.7 Å². The van der Waals surface area contributed by atoms with Crippen LogP contribution in [0.15, 0.2) is 0 Å². The van der Waals surface area contributed by atoms with E-state index in [0.717, 1.165) is 38.5 Å². The third kappa shape index (κ3) is 2.20. The molecule has 90 valence electrons. The molecule has 2 rings (SSSR count). The van der Waals surface area contributed by atoms with Crippen molar-refractivity contribution in [1.82, 2.24) is 0 Å². The van der Waals surface area contributed by atoms with Crippen LogP contribution < -0.4 is 0 Å². The van der Waals surface area contributed by atoms with Gasteiger partial charge in [-0.25, -0.2) is 0 Å². The van der Waals surface area contributed by atoms with Crippen molar-refractivity contribution >= 4 is 11.9 Å². The SMILES string of the molecule is O=C(O)[C@@H]1CC[C@H]2C[C@@H](C(=O)O)CC[C@@H]2C1. The van der Waals surface area contributed by atoms with Gasteiger partial charge in [-0.3, -0.25) is 9.59 Å². The average molecular weight is 226 g/mol. The van der Waals surface area contributed by atoms with Gasteiger partial charge in [-0.05, 0) is 50.4 Å². The molecule has 2 fully saturated rings.